The summed E-state index contributed by atoms with van der Waals surface area (Å²) in [5.41, 5.74) is 3.75. The van der Waals surface area contributed by atoms with E-state index in [0.717, 1.165) is 13.0 Å². The minimum Gasteiger partial charge on any atom is -0.478 e. The second-order valence-corrected chi connectivity index (χ2v) is 6.18. The molecule has 0 saturated carbocycles. The molecule has 0 aromatic carbocycles. The average Bonchev–Trinajstić information content (AvgIpc) is 2.67. The predicted octanol–water partition coefficient (Wildman–Crippen LogP) is 1.64. The van der Waals surface area contributed by atoms with Crippen molar-refractivity contribution in [3.05, 3.63) is 41.7 Å². The van der Waals surface area contributed by atoms with E-state index in [1.54, 1.807) is 18.3 Å². The van der Waals surface area contributed by atoms with Crippen molar-refractivity contribution in [2.45, 2.75) is 32.6 Å². The number of pyridine rings is 1. The molecule has 28 heavy (non-hydrogen) atoms. The van der Waals surface area contributed by atoms with Crippen LogP contribution in [0.1, 0.15) is 41.7 Å². The smallest absolute Gasteiger partial charge is 0.328 e. The number of piperidine rings is 1. The summed E-state index contributed by atoms with van der Waals surface area (Å²) in [6.45, 7) is 5.79. The van der Waals surface area contributed by atoms with Crippen molar-refractivity contribution in [2.24, 2.45) is 0 Å². The van der Waals surface area contributed by atoms with Crippen LogP contribution in [0.5, 0.6) is 0 Å². The molecule has 2 rings (SSSR count). The predicted molar refractivity (Wildman–Crippen MR) is 102 cm³/mol. The molecule has 0 bridgehead atoms. The summed E-state index contributed by atoms with van der Waals surface area (Å²) in [4.78, 5) is 42.7. The molecule has 1 aromatic heterocycles. The maximum atomic E-state index is 11.8. The first-order valence-corrected chi connectivity index (χ1v) is 9.10. The zero-order valence-electron chi connectivity index (χ0n) is 16.0. The third-order valence-corrected chi connectivity index (χ3v) is 3.95. The number of nitrogens with zero attached hydrogens (tertiary/aromatic N) is 2. The number of carboxylic acids is 2. The molecule has 0 spiro atoms. The molecule has 1 amide bonds. The summed E-state index contributed by atoms with van der Waals surface area (Å²) in [7, 11) is 0. The summed E-state index contributed by atoms with van der Waals surface area (Å²) in [5, 5.41) is 15.6. The molecule has 1 aliphatic rings. The molecular weight excluding hydrogens is 366 g/mol. The largest absolute Gasteiger partial charge is 0.478 e. The van der Waals surface area contributed by atoms with E-state index in [9.17, 15) is 14.4 Å². The Morgan fingerprint density at radius 1 is 1.18 bits per heavy atom. The number of amides is 1. The van der Waals surface area contributed by atoms with Crippen LogP contribution in [0.4, 0.5) is 0 Å². The lowest BCUT2D eigenvalue weighted by Gasteiger charge is -2.26. The number of aryl methyl sites for hydroxylation is 1. The highest BCUT2D eigenvalue weighted by atomic mass is 16.6. The van der Waals surface area contributed by atoms with Gasteiger partial charge in [0.1, 0.15) is 0 Å². The number of carboxylic acid groups (broad SMARTS) is 2. The SMILES string of the molecule is Cc1ncccc1C(=O)NOCCCN1CCCCC1.O=C(O)/C=C\C(=O)O. The normalized spacial score (nSPS) is 14.2. The average molecular weight is 393 g/mol. The van der Waals surface area contributed by atoms with Crippen LogP contribution >= 0.6 is 0 Å². The number of nitrogens with one attached hydrogen (secondary N) is 1. The monoisotopic (exact) mass is 393 g/mol. The summed E-state index contributed by atoms with van der Waals surface area (Å²) < 4.78 is 0. The van der Waals surface area contributed by atoms with Gasteiger partial charge in [-0.3, -0.25) is 14.6 Å². The fraction of sp³-hybridized carbons (Fsp3) is 0.474. The summed E-state index contributed by atoms with van der Waals surface area (Å²) in [6, 6.07) is 3.49. The van der Waals surface area contributed by atoms with Crippen LogP contribution in [0.15, 0.2) is 30.5 Å². The molecule has 1 saturated heterocycles. The van der Waals surface area contributed by atoms with E-state index in [4.69, 9.17) is 15.1 Å². The van der Waals surface area contributed by atoms with Gasteiger partial charge in [0.15, 0.2) is 0 Å². The van der Waals surface area contributed by atoms with Crippen molar-refractivity contribution >= 4 is 17.8 Å². The third-order valence-electron chi connectivity index (χ3n) is 3.95. The number of hydrogen-bond donors (Lipinski definition) is 3. The highest BCUT2D eigenvalue weighted by Gasteiger charge is 2.10. The lowest BCUT2D eigenvalue weighted by atomic mass is 10.1. The molecule has 2 heterocycles. The van der Waals surface area contributed by atoms with Crippen molar-refractivity contribution in [3.8, 4) is 0 Å². The molecule has 1 aliphatic heterocycles. The quantitative estimate of drug-likeness (QED) is 0.345. The number of likely N-dealkylation sites (tertiary alicyclic amines) is 1. The van der Waals surface area contributed by atoms with Gasteiger partial charge in [0.2, 0.25) is 0 Å². The highest BCUT2D eigenvalue weighted by molar-refractivity contribution is 5.94. The Morgan fingerprint density at radius 2 is 1.82 bits per heavy atom. The Hall–Kier alpha value is -2.78. The molecule has 0 radical (unpaired) electrons. The van der Waals surface area contributed by atoms with Crippen LogP contribution in [0.25, 0.3) is 0 Å². The molecule has 0 unspecified atom stereocenters. The molecule has 0 atom stereocenters. The van der Waals surface area contributed by atoms with Crippen LogP contribution in [0.2, 0.25) is 0 Å². The molecule has 154 valence electrons. The molecule has 3 N–H and O–H groups in total. The Morgan fingerprint density at radius 3 is 2.39 bits per heavy atom. The van der Waals surface area contributed by atoms with Crippen molar-refractivity contribution < 1.29 is 29.4 Å². The first-order valence-electron chi connectivity index (χ1n) is 9.10. The van der Waals surface area contributed by atoms with Gasteiger partial charge in [-0.05, 0) is 51.4 Å². The van der Waals surface area contributed by atoms with Crippen LogP contribution in [-0.2, 0) is 14.4 Å². The first-order chi connectivity index (χ1) is 13.4. The van der Waals surface area contributed by atoms with Gasteiger partial charge in [-0.15, -0.1) is 0 Å². The van der Waals surface area contributed by atoms with Gasteiger partial charge in [0.05, 0.1) is 17.9 Å². The molecule has 9 nitrogen and oxygen atoms in total. The van der Waals surface area contributed by atoms with E-state index >= 15 is 0 Å². The Kier molecular flexibility index (Phi) is 11.1. The van der Waals surface area contributed by atoms with Crippen LogP contribution in [0.3, 0.4) is 0 Å². The number of aromatic nitrogens is 1. The van der Waals surface area contributed by atoms with Crippen LogP contribution in [0, 0.1) is 6.92 Å². The van der Waals surface area contributed by atoms with Gasteiger partial charge in [-0.25, -0.2) is 15.1 Å². The summed E-state index contributed by atoms with van der Waals surface area (Å²) >= 11 is 0. The fourth-order valence-electron chi connectivity index (χ4n) is 2.58. The Balaban J connectivity index is 0.000000416. The van der Waals surface area contributed by atoms with Gasteiger partial charge >= 0.3 is 11.9 Å². The highest BCUT2D eigenvalue weighted by Crippen LogP contribution is 2.08. The third kappa shape index (κ3) is 10.4. The van der Waals surface area contributed by atoms with E-state index in [2.05, 4.69) is 15.4 Å². The van der Waals surface area contributed by atoms with Crippen molar-refractivity contribution in [1.29, 1.82) is 0 Å². The molecular formula is C19H27N3O6. The van der Waals surface area contributed by atoms with Gasteiger partial charge in [-0.2, -0.15) is 0 Å². The minimum atomic E-state index is -1.26. The number of aliphatic carboxylic acids is 2. The van der Waals surface area contributed by atoms with Crippen molar-refractivity contribution in [1.82, 2.24) is 15.4 Å². The molecule has 9 heteroatoms. The Bertz CT molecular complexity index is 655. The van der Waals surface area contributed by atoms with E-state index in [0.29, 0.717) is 30.0 Å². The summed E-state index contributed by atoms with van der Waals surface area (Å²) in [5.74, 6) is -2.74. The number of carbonyl (C=O) groups is 3. The van der Waals surface area contributed by atoms with E-state index < -0.39 is 11.9 Å². The van der Waals surface area contributed by atoms with Crippen molar-refractivity contribution in [2.75, 3.05) is 26.2 Å². The standard InChI is InChI=1S/C15H23N3O2.C4H4O4/c1-13-14(7-5-8-16-13)15(19)17-20-12-6-11-18-9-3-2-4-10-18;5-3(6)1-2-4(7)8/h5,7-8H,2-4,6,9-12H2,1H3,(H,17,19);1-2H,(H,5,6)(H,7,8)/b;2-1-. The number of carbonyl (C=O) groups excluding carboxylic acids is 1. The number of rotatable bonds is 8. The Labute approximate surface area is 164 Å². The van der Waals surface area contributed by atoms with Crippen LogP contribution in [-0.4, -0.2) is 64.2 Å². The van der Waals surface area contributed by atoms with E-state index in [1.807, 2.05) is 6.92 Å². The maximum absolute atomic E-state index is 11.8. The number of hydroxylamine groups is 1. The van der Waals surface area contributed by atoms with E-state index in [1.165, 1.54) is 32.4 Å². The zero-order chi connectivity index (χ0) is 20.8. The lowest BCUT2D eigenvalue weighted by Crippen LogP contribution is -2.32. The van der Waals surface area contributed by atoms with Gasteiger partial charge in [0, 0.05) is 24.9 Å². The molecule has 1 aromatic rings. The lowest BCUT2D eigenvalue weighted by molar-refractivity contribution is -0.134. The summed E-state index contributed by atoms with van der Waals surface area (Å²) in [6.07, 6.45) is 7.69. The van der Waals surface area contributed by atoms with Crippen molar-refractivity contribution in [3.63, 3.8) is 0 Å². The van der Waals surface area contributed by atoms with Gasteiger partial charge in [0.25, 0.3) is 5.91 Å². The van der Waals surface area contributed by atoms with Gasteiger partial charge < -0.3 is 15.1 Å². The zero-order valence-corrected chi connectivity index (χ0v) is 16.0. The topological polar surface area (TPSA) is 129 Å². The van der Waals surface area contributed by atoms with Crippen LogP contribution < -0.4 is 5.48 Å². The fourth-order valence-corrected chi connectivity index (χ4v) is 2.58. The minimum absolute atomic E-state index is 0.228. The maximum Gasteiger partial charge on any atom is 0.328 e. The second kappa shape index (κ2) is 13.4. The van der Waals surface area contributed by atoms with E-state index in [-0.39, 0.29) is 5.91 Å². The number of hydrogen-bond acceptors (Lipinski definition) is 6. The first kappa shape index (κ1) is 23.3. The second-order valence-electron chi connectivity index (χ2n) is 6.18. The molecule has 1 fully saturated rings. The molecule has 0 aliphatic carbocycles. The van der Waals surface area contributed by atoms with Gasteiger partial charge in [-0.1, -0.05) is 6.42 Å².